The highest BCUT2D eigenvalue weighted by atomic mass is 16.5. The van der Waals surface area contributed by atoms with Crippen LogP contribution in [0.15, 0.2) is 4.52 Å². The number of aryl methyl sites for hydroxylation is 1. The van der Waals surface area contributed by atoms with E-state index in [0.717, 1.165) is 37.5 Å². The Morgan fingerprint density at radius 2 is 2.40 bits per heavy atom. The quantitative estimate of drug-likeness (QED) is 0.767. The Balaban J connectivity index is 1.93. The van der Waals surface area contributed by atoms with Gasteiger partial charge >= 0.3 is 0 Å². The van der Waals surface area contributed by atoms with E-state index in [4.69, 9.17) is 10.3 Å². The van der Waals surface area contributed by atoms with Gasteiger partial charge in [-0.3, -0.25) is 0 Å². The summed E-state index contributed by atoms with van der Waals surface area (Å²) in [5.41, 5.74) is 5.43. The fraction of sp³-hybridized carbons (Fsp3) is 0.800. The van der Waals surface area contributed by atoms with Gasteiger partial charge in [0.25, 0.3) is 0 Å². The van der Waals surface area contributed by atoms with Gasteiger partial charge in [0.2, 0.25) is 5.89 Å². The molecule has 0 aliphatic carbocycles. The van der Waals surface area contributed by atoms with Crippen LogP contribution in [0.25, 0.3) is 0 Å². The molecule has 0 saturated carbocycles. The van der Waals surface area contributed by atoms with Gasteiger partial charge in [-0.05, 0) is 32.4 Å². The molecule has 3 N–H and O–H groups in total. The largest absolute Gasteiger partial charge is 0.338 e. The fourth-order valence-electron chi connectivity index (χ4n) is 1.83. The summed E-state index contributed by atoms with van der Waals surface area (Å²) >= 11 is 0. The minimum Gasteiger partial charge on any atom is -0.338 e. The van der Waals surface area contributed by atoms with Crippen LogP contribution < -0.4 is 11.1 Å². The van der Waals surface area contributed by atoms with Crippen molar-refractivity contribution in [1.29, 1.82) is 0 Å². The maximum absolute atomic E-state index is 5.43. The van der Waals surface area contributed by atoms with Crippen LogP contribution in [0.2, 0.25) is 0 Å². The second-order valence-electron chi connectivity index (χ2n) is 3.94. The third-order valence-corrected chi connectivity index (χ3v) is 2.70. The van der Waals surface area contributed by atoms with Crippen molar-refractivity contribution in [2.45, 2.75) is 38.1 Å². The third kappa shape index (κ3) is 2.76. The molecule has 0 radical (unpaired) electrons. The van der Waals surface area contributed by atoms with E-state index < -0.39 is 0 Å². The van der Waals surface area contributed by atoms with E-state index in [1.807, 2.05) is 0 Å². The van der Waals surface area contributed by atoms with Gasteiger partial charge in [-0.1, -0.05) is 11.6 Å². The minimum atomic E-state index is 0.262. The van der Waals surface area contributed by atoms with E-state index >= 15 is 0 Å². The predicted molar refractivity (Wildman–Crippen MR) is 56.3 cm³/mol. The molecule has 1 aromatic heterocycles. The lowest BCUT2D eigenvalue weighted by Crippen LogP contribution is -2.27. The summed E-state index contributed by atoms with van der Waals surface area (Å²) in [5, 5.41) is 7.33. The summed E-state index contributed by atoms with van der Waals surface area (Å²) in [6.07, 6.45) is 5.30. The first-order valence-corrected chi connectivity index (χ1v) is 5.66. The standard InChI is InChI=1S/C10H18N4O/c11-6-3-5-9-13-10(15-14-9)8-4-1-2-7-12-8/h8,12H,1-7,11H2. The summed E-state index contributed by atoms with van der Waals surface area (Å²) in [6.45, 7) is 1.72. The van der Waals surface area contributed by atoms with Gasteiger partial charge in [0, 0.05) is 6.42 Å². The number of hydrogen-bond donors (Lipinski definition) is 2. The van der Waals surface area contributed by atoms with E-state index in [1.54, 1.807) is 0 Å². The fourth-order valence-corrected chi connectivity index (χ4v) is 1.83. The van der Waals surface area contributed by atoms with Gasteiger partial charge in [-0.2, -0.15) is 4.98 Å². The first-order valence-electron chi connectivity index (χ1n) is 5.66. The van der Waals surface area contributed by atoms with Crippen molar-refractivity contribution in [3.05, 3.63) is 11.7 Å². The molecule has 2 rings (SSSR count). The zero-order chi connectivity index (χ0) is 10.5. The lowest BCUT2D eigenvalue weighted by molar-refractivity contribution is 0.296. The van der Waals surface area contributed by atoms with Crippen molar-refractivity contribution in [3.63, 3.8) is 0 Å². The number of aromatic nitrogens is 2. The average molecular weight is 210 g/mol. The Hall–Kier alpha value is -0.940. The molecule has 15 heavy (non-hydrogen) atoms. The molecule has 84 valence electrons. The number of rotatable bonds is 4. The van der Waals surface area contributed by atoms with Crippen LogP contribution in [0.5, 0.6) is 0 Å². The Kier molecular flexibility index (Phi) is 3.69. The Labute approximate surface area is 89.4 Å². The molecule has 1 atom stereocenters. The second kappa shape index (κ2) is 5.23. The number of hydrogen-bond acceptors (Lipinski definition) is 5. The van der Waals surface area contributed by atoms with Crippen LogP contribution in [-0.4, -0.2) is 23.2 Å². The molecule has 1 unspecified atom stereocenters. The minimum absolute atomic E-state index is 0.262. The average Bonchev–Trinajstić information content (AvgIpc) is 2.76. The molecular formula is C10H18N4O. The van der Waals surface area contributed by atoms with Crippen LogP contribution in [0, 0.1) is 0 Å². The zero-order valence-electron chi connectivity index (χ0n) is 8.91. The van der Waals surface area contributed by atoms with Crippen LogP contribution in [0.1, 0.15) is 43.4 Å². The van der Waals surface area contributed by atoms with Gasteiger partial charge in [-0.25, -0.2) is 0 Å². The number of nitrogens with zero attached hydrogens (tertiary/aromatic N) is 2. The van der Waals surface area contributed by atoms with Crippen LogP contribution in [0.3, 0.4) is 0 Å². The molecule has 1 aromatic rings. The first kappa shape index (κ1) is 10.6. The van der Waals surface area contributed by atoms with Gasteiger partial charge in [0.05, 0.1) is 6.04 Å². The van der Waals surface area contributed by atoms with E-state index in [9.17, 15) is 0 Å². The maximum Gasteiger partial charge on any atom is 0.243 e. The van der Waals surface area contributed by atoms with Gasteiger partial charge in [0.15, 0.2) is 5.82 Å². The maximum atomic E-state index is 5.43. The molecular weight excluding hydrogens is 192 g/mol. The van der Waals surface area contributed by atoms with Crippen molar-refractivity contribution < 1.29 is 4.52 Å². The van der Waals surface area contributed by atoms with E-state index in [-0.39, 0.29) is 6.04 Å². The van der Waals surface area contributed by atoms with Gasteiger partial charge in [-0.15, -0.1) is 0 Å². The van der Waals surface area contributed by atoms with Crippen LogP contribution >= 0.6 is 0 Å². The van der Waals surface area contributed by atoms with Gasteiger partial charge in [0.1, 0.15) is 0 Å². The van der Waals surface area contributed by atoms with E-state index in [1.165, 1.54) is 12.8 Å². The van der Waals surface area contributed by atoms with Crippen molar-refractivity contribution in [2.24, 2.45) is 5.73 Å². The number of piperidine rings is 1. The van der Waals surface area contributed by atoms with E-state index in [2.05, 4.69) is 15.5 Å². The topological polar surface area (TPSA) is 77.0 Å². The highest BCUT2D eigenvalue weighted by Gasteiger charge is 2.20. The number of nitrogens with two attached hydrogens (primary N) is 1. The Morgan fingerprint density at radius 1 is 1.47 bits per heavy atom. The van der Waals surface area contributed by atoms with Crippen molar-refractivity contribution in [3.8, 4) is 0 Å². The summed E-state index contributed by atoms with van der Waals surface area (Å²) in [4.78, 5) is 4.38. The molecule has 1 aliphatic rings. The lowest BCUT2D eigenvalue weighted by Gasteiger charge is -2.19. The smallest absolute Gasteiger partial charge is 0.243 e. The SMILES string of the molecule is NCCCc1noc(C2CCCCN2)n1. The summed E-state index contributed by atoms with van der Waals surface area (Å²) < 4.78 is 5.24. The van der Waals surface area contributed by atoms with Crippen LogP contribution in [0.4, 0.5) is 0 Å². The summed E-state index contributed by atoms with van der Waals surface area (Å²) in [6, 6.07) is 0.262. The molecule has 5 heteroatoms. The molecule has 5 nitrogen and oxygen atoms in total. The van der Waals surface area contributed by atoms with Gasteiger partial charge < -0.3 is 15.6 Å². The van der Waals surface area contributed by atoms with Crippen molar-refractivity contribution >= 4 is 0 Å². The highest BCUT2D eigenvalue weighted by molar-refractivity contribution is 4.94. The zero-order valence-corrected chi connectivity index (χ0v) is 8.91. The normalized spacial score (nSPS) is 21.8. The summed E-state index contributed by atoms with van der Waals surface area (Å²) in [5.74, 6) is 1.52. The molecule has 0 spiro atoms. The molecule has 1 aliphatic heterocycles. The second-order valence-corrected chi connectivity index (χ2v) is 3.94. The monoisotopic (exact) mass is 210 g/mol. The Morgan fingerprint density at radius 3 is 3.13 bits per heavy atom. The molecule has 2 heterocycles. The highest BCUT2D eigenvalue weighted by Crippen LogP contribution is 2.21. The van der Waals surface area contributed by atoms with Crippen LogP contribution in [-0.2, 0) is 6.42 Å². The molecule has 0 bridgehead atoms. The summed E-state index contributed by atoms with van der Waals surface area (Å²) in [7, 11) is 0. The first-order chi connectivity index (χ1) is 7.40. The van der Waals surface area contributed by atoms with E-state index in [0.29, 0.717) is 6.54 Å². The molecule has 0 aromatic carbocycles. The molecule has 1 fully saturated rings. The van der Waals surface area contributed by atoms with Crippen molar-refractivity contribution in [1.82, 2.24) is 15.5 Å². The predicted octanol–water partition coefficient (Wildman–Crippen LogP) is 0.775. The molecule has 1 saturated heterocycles. The Bertz CT molecular complexity index is 293. The number of nitrogens with one attached hydrogen (secondary N) is 1. The molecule has 0 amide bonds. The lowest BCUT2D eigenvalue weighted by atomic mass is 10.1. The third-order valence-electron chi connectivity index (χ3n) is 2.70. The van der Waals surface area contributed by atoms with Crippen molar-refractivity contribution in [2.75, 3.05) is 13.1 Å².